The van der Waals surface area contributed by atoms with Gasteiger partial charge in [0, 0.05) is 28.3 Å². The van der Waals surface area contributed by atoms with Crippen LogP contribution >= 0.6 is 23.2 Å². The number of rotatable bonds is 8. The quantitative estimate of drug-likeness (QED) is 0.557. The van der Waals surface area contributed by atoms with Gasteiger partial charge < -0.3 is 10.2 Å². The number of anilines is 1. The topological polar surface area (TPSA) is 32.3 Å². The van der Waals surface area contributed by atoms with Crippen LogP contribution in [0, 0.1) is 5.92 Å². The molecule has 1 N–H and O–H groups in total. The number of halogens is 2. The molecule has 2 unspecified atom stereocenters. The van der Waals surface area contributed by atoms with E-state index in [0.717, 1.165) is 25.1 Å². The molecular formula is C20H30Cl2N2O. The van der Waals surface area contributed by atoms with Gasteiger partial charge in [0.15, 0.2) is 0 Å². The van der Waals surface area contributed by atoms with Crippen LogP contribution in [0.5, 0.6) is 0 Å². The minimum atomic E-state index is 0.170. The second-order valence-electron chi connectivity index (χ2n) is 7.14. The SMILES string of the molecule is CCCCCCC1C(C)CCCN1C(=O)CNc1cc(Cl)cc(Cl)c1. The predicted octanol–water partition coefficient (Wildman–Crippen LogP) is 6.00. The fourth-order valence-corrected chi connectivity index (χ4v) is 4.24. The van der Waals surface area contributed by atoms with E-state index < -0.39 is 0 Å². The van der Waals surface area contributed by atoms with Gasteiger partial charge in [-0.3, -0.25) is 4.79 Å². The lowest BCUT2D eigenvalue weighted by molar-refractivity contribution is -0.134. The van der Waals surface area contributed by atoms with Crippen molar-refractivity contribution >= 4 is 34.8 Å². The molecule has 0 spiro atoms. The summed E-state index contributed by atoms with van der Waals surface area (Å²) < 4.78 is 0. The standard InChI is InChI=1S/C20H30Cl2N2O/c1-3-4-5-6-9-19-15(2)8-7-10-24(19)20(25)14-23-18-12-16(21)11-17(22)13-18/h11-13,15,19,23H,3-10,14H2,1-2H3. The van der Waals surface area contributed by atoms with E-state index in [4.69, 9.17) is 23.2 Å². The molecule has 0 aromatic heterocycles. The van der Waals surface area contributed by atoms with Crippen molar-refractivity contribution in [1.29, 1.82) is 0 Å². The molecule has 1 heterocycles. The Kier molecular flexibility index (Phi) is 8.38. The Balaban J connectivity index is 1.92. The molecule has 0 radical (unpaired) electrons. The summed E-state index contributed by atoms with van der Waals surface area (Å²) in [6.45, 7) is 5.68. The maximum absolute atomic E-state index is 12.8. The number of hydrogen-bond donors (Lipinski definition) is 1. The Hall–Kier alpha value is -0.930. The van der Waals surface area contributed by atoms with E-state index in [1.807, 2.05) is 0 Å². The van der Waals surface area contributed by atoms with Crippen molar-refractivity contribution in [3.8, 4) is 0 Å². The van der Waals surface area contributed by atoms with Crippen LogP contribution in [0.3, 0.4) is 0 Å². The summed E-state index contributed by atoms with van der Waals surface area (Å²) in [5.74, 6) is 0.753. The maximum atomic E-state index is 12.8. The van der Waals surface area contributed by atoms with Crippen molar-refractivity contribution in [2.24, 2.45) is 5.92 Å². The van der Waals surface area contributed by atoms with Gasteiger partial charge in [-0.2, -0.15) is 0 Å². The Morgan fingerprint density at radius 2 is 1.92 bits per heavy atom. The molecule has 1 aliphatic rings. The van der Waals surface area contributed by atoms with Crippen molar-refractivity contribution < 1.29 is 4.79 Å². The Morgan fingerprint density at radius 1 is 1.20 bits per heavy atom. The molecule has 0 aliphatic carbocycles. The monoisotopic (exact) mass is 384 g/mol. The highest BCUT2D eigenvalue weighted by molar-refractivity contribution is 6.35. The van der Waals surface area contributed by atoms with Crippen molar-refractivity contribution in [1.82, 2.24) is 4.90 Å². The smallest absolute Gasteiger partial charge is 0.242 e. The number of unbranched alkanes of at least 4 members (excludes halogenated alkanes) is 3. The van der Waals surface area contributed by atoms with Gasteiger partial charge in [-0.1, -0.05) is 62.7 Å². The van der Waals surface area contributed by atoms with Crippen LogP contribution in [0.15, 0.2) is 18.2 Å². The van der Waals surface area contributed by atoms with Crippen LogP contribution in [0.2, 0.25) is 10.0 Å². The molecule has 3 nitrogen and oxygen atoms in total. The lowest BCUT2D eigenvalue weighted by Gasteiger charge is -2.40. The Bertz CT molecular complexity index is 544. The first-order valence-corrected chi connectivity index (χ1v) is 10.3. The predicted molar refractivity (Wildman–Crippen MR) is 108 cm³/mol. The molecule has 2 rings (SSSR count). The van der Waals surface area contributed by atoms with Crippen LogP contribution in [0.25, 0.3) is 0 Å². The maximum Gasteiger partial charge on any atom is 0.242 e. The molecule has 2 atom stereocenters. The van der Waals surface area contributed by atoms with Crippen LogP contribution in [0.1, 0.15) is 58.8 Å². The molecule has 1 aliphatic heterocycles. The normalized spacial score (nSPS) is 20.6. The van der Waals surface area contributed by atoms with Gasteiger partial charge in [0.2, 0.25) is 5.91 Å². The molecule has 1 aromatic carbocycles. The number of piperidine rings is 1. The number of nitrogens with zero attached hydrogens (tertiary/aromatic N) is 1. The Morgan fingerprint density at radius 3 is 2.60 bits per heavy atom. The van der Waals surface area contributed by atoms with Crippen LogP contribution in [-0.2, 0) is 4.79 Å². The fraction of sp³-hybridized carbons (Fsp3) is 0.650. The van der Waals surface area contributed by atoms with Crippen LogP contribution in [-0.4, -0.2) is 29.9 Å². The van der Waals surface area contributed by atoms with Gasteiger partial charge in [0.25, 0.3) is 0 Å². The second-order valence-corrected chi connectivity index (χ2v) is 8.01. The van der Waals surface area contributed by atoms with E-state index in [9.17, 15) is 4.79 Å². The second kappa shape index (κ2) is 10.3. The summed E-state index contributed by atoms with van der Waals surface area (Å²) in [5, 5.41) is 4.32. The molecule has 1 aromatic rings. The highest BCUT2D eigenvalue weighted by Crippen LogP contribution is 2.28. The van der Waals surface area contributed by atoms with Gasteiger partial charge in [-0.15, -0.1) is 0 Å². The molecule has 25 heavy (non-hydrogen) atoms. The molecule has 0 saturated carbocycles. The Labute approximate surface area is 162 Å². The first-order chi connectivity index (χ1) is 12.0. The van der Waals surface area contributed by atoms with Gasteiger partial charge in [-0.05, 0) is 43.4 Å². The van der Waals surface area contributed by atoms with Crippen LogP contribution in [0.4, 0.5) is 5.69 Å². The van der Waals surface area contributed by atoms with E-state index in [0.29, 0.717) is 22.0 Å². The summed E-state index contributed by atoms with van der Waals surface area (Å²) >= 11 is 12.0. The largest absolute Gasteiger partial charge is 0.376 e. The summed E-state index contributed by atoms with van der Waals surface area (Å²) in [4.78, 5) is 14.9. The number of likely N-dealkylation sites (tertiary alicyclic amines) is 1. The zero-order chi connectivity index (χ0) is 18.2. The number of amides is 1. The van der Waals surface area contributed by atoms with E-state index in [1.54, 1.807) is 18.2 Å². The number of hydrogen-bond acceptors (Lipinski definition) is 2. The third kappa shape index (κ3) is 6.38. The van der Waals surface area contributed by atoms with Gasteiger partial charge in [0.1, 0.15) is 0 Å². The number of benzene rings is 1. The van der Waals surface area contributed by atoms with Crippen molar-refractivity contribution in [3.05, 3.63) is 28.2 Å². The minimum absolute atomic E-state index is 0.170. The first kappa shape index (κ1) is 20.4. The zero-order valence-electron chi connectivity index (χ0n) is 15.4. The lowest BCUT2D eigenvalue weighted by Crippen LogP contribution is -2.49. The third-order valence-corrected chi connectivity index (χ3v) is 5.53. The highest BCUT2D eigenvalue weighted by atomic mass is 35.5. The molecule has 140 valence electrons. The van der Waals surface area contributed by atoms with Crippen molar-refractivity contribution in [2.45, 2.75) is 64.8 Å². The highest BCUT2D eigenvalue weighted by Gasteiger charge is 2.31. The van der Waals surface area contributed by atoms with Crippen LogP contribution < -0.4 is 5.32 Å². The number of carbonyl (C=O) groups excluding carboxylic acids is 1. The van der Waals surface area contributed by atoms with Crippen molar-refractivity contribution in [3.63, 3.8) is 0 Å². The summed E-state index contributed by atoms with van der Waals surface area (Å²) in [6, 6.07) is 5.65. The molecule has 5 heteroatoms. The first-order valence-electron chi connectivity index (χ1n) is 9.50. The minimum Gasteiger partial charge on any atom is -0.376 e. The molecular weight excluding hydrogens is 355 g/mol. The lowest BCUT2D eigenvalue weighted by atomic mass is 9.87. The fourth-order valence-electron chi connectivity index (χ4n) is 3.71. The molecule has 0 bridgehead atoms. The summed E-state index contributed by atoms with van der Waals surface area (Å²) in [7, 11) is 0. The molecule has 1 fully saturated rings. The molecule has 1 saturated heterocycles. The average Bonchev–Trinajstić information content (AvgIpc) is 2.57. The average molecular weight is 385 g/mol. The molecule has 1 amide bonds. The van der Waals surface area contributed by atoms with Gasteiger partial charge in [0.05, 0.1) is 6.54 Å². The summed E-state index contributed by atoms with van der Waals surface area (Å²) in [5.41, 5.74) is 0.787. The van der Waals surface area contributed by atoms with E-state index >= 15 is 0 Å². The van der Waals surface area contributed by atoms with E-state index in [1.165, 1.54) is 32.1 Å². The number of nitrogens with one attached hydrogen (secondary N) is 1. The zero-order valence-corrected chi connectivity index (χ0v) is 16.9. The van der Waals surface area contributed by atoms with E-state index in [2.05, 4.69) is 24.1 Å². The third-order valence-electron chi connectivity index (χ3n) is 5.10. The summed E-state index contributed by atoms with van der Waals surface area (Å²) in [6.07, 6.45) is 8.45. The number of carbonyl (C=O) groups is 1. The van der Waals surface area contributed by atoms with Gasteiger partial charge in [-0.25, -0.2) is 0 Å². The van der Waals surface area contributed by atoms with Crippen molar-refractivity contribution in [2.75, 3.05) is 18.4 Å². The van der Waals surface area contributed by atoms with Gasteiger partial charge >= 0.3 is 0 Å². The van der Waals surface area contributed by atoms with E-state index in [-0.39, 0.29) is 12.5 Å².